The van der Waals surface area contributed by atoms with Crippen LogP contribution in [0.3, 0.4) is 0 Å². The van der Waals surface area contributed by atoms with Crippen LogP contribution in [0.5, 0.6) is 0 Å². The van der Waals surface area contributed by atoms with E-state index in [0.29, 0.717) is 5.11 Å². The lowest BCUT2D eigenvalue weighted by atomic mass is 10.3. The molecule has 1 aromatic heterocycles. The van der Waals surface area contributed by atoms with E-state index in [-0.39, 0.29) is 0 Å². The molecular formula is C11H16N4S. The van der Waals surface area contributed by atoms with Gasteiger partial charge in [0.25, 0.3) is 0 Å². The van der Waals surface area contributed by atoms with Crippen molar-refractivity contribution in [2.45, 2.75) is 20.3 Å². The summed E-state index contributed by atoms with van der Waals surface area (Å²) in [5.41, 5.74) is 4.43. The Morgan fingerprint density at radius 1 is 1.50 bits per heavy atom. The summed E-state index contributed by atoms with van der Waals surface area (Å²) in [7, 11) is 0. The van der Waals surface area contributed by atoms with Gasteiger partial charge in [-0.15, -0.1) is 0 Å². The Kier molecular flexibility index (Phi) is 5.42. The number of hydrogen-bond donors (Lipinski definition) is 2. The maximum atomic E-state index is 5.04. The van der Waals surface area contributed by atoms with Crippen LogP contribution in [0.4, 0.5) is 0 Å². The Labute approximate surface area is 101 Å². The van der Waals surface area contributed by atoms with Crippen LogP contribution in [-0.4, -0.2) is 22.4 Å². The summed E-state index contributed by atoms with van der Waals surface area (Å²) in [6, 6.07) is 5.70. The fourth-order valence-electron chi connectivity index (χ4n) is 1.05. The summed E-state index contributed by atoms with van der Waals surface area (Å²) >= 11 is 5.04. The summed E-state index contributed by atoms with van der Waals surface area (Å²) in [6.45, 7) is 4.82. The second kappa shape index (κ2) is 6.90. The monoisotopic (exact) mass is 236 g/mol. The summed E-state index contributed by atoms with van der Waals surface area (Å²) in [5, 5.41) is 7.72. The molecule has 0 spiro atoms. The predicted molar refractivity (Wildman–Crippen MR) is 70.5 cm³/mol. The van der Waals surface area contributed by atoms with Gasteiger partial charge in [-0.1, -0.05) is 13.0 Å². The molecule has 0 aliphatic heterocycles. The van der Waals surface area contributed by atoms with Crippen molar-refractivity contribution in [2.75, 3.05) is 6.54 Å². The number of aromatic nitrogens is 1. The van der Waals surface area contributed by atoms with Crippen LogP contribution in [0.25, 0.3) is 0 Å². The van der Waals surface area contributed by atoms with Crippen molar-refractivity contribution in [3.63, 3.8) is 0 Å². The first-order chi connectivity index (χ1) is 7.74. The predicted octanol–water partition coefficient (Wildman–Crippen LogP) is 1.68. The van der Waals surface area contributed by atoms with E-state index in [1.54, 1.807) is 6.20 Å². The van der Waals surface area contributed by atoms with E-state index >= 15 is 0 Å². The van der Waals surface area contributed by atoms with E-state index < -0.39 is 0 Å². The standard InChI is InChI=1S/C11H16N4S/c1-3-7-13-11(16)15-14-9(2)10-6-4-5-8-12-10/h4-6,8H,3,7H2,1-2H3,(H2,13,15,16). The second-order valence-electron chi connectivity index (χ2n) is 3.28. The van der Waals surface area contributed by atoms with Gasteiger partial charge in [-0.05, 0) is 37.7 Å². The first-order valence-corrected chi connectivity index (χ1v) is 5.64. The highest BCUT2D eigenvalue weighted by molar-refractivity contribution is 7.80. The van der Waals surface area contributed by atoms with Crippen molar-refractivity contribution in [1.29, 1.82) is 0 Å². The lowest BCUT2D eigenvalue weighted by Gasteiger charge is -2.06. The molecule has 0 aromatic carbocycles. The highest BCUT2D eigenvalue weighted by Gasteiger charge is 1.97. The minimum atomic E-state index is 0.539. The molecule has 0 amide bonds. The van der Waals surface area contributed by atoms with Crippen molar-refractivity contribution in [3.8, 4) is 0 Å². The molecular weight excluding hydrogens is 220 g/mol. The molecule has 5 heteroatoms. The van der Waals surface area contributed by atoms with Gasteiger partial charge < -0.3 is 5.32 Å². The Morgan fingerprint density at radius 2 is 2.31 bits per heavy atom. The Hall–Kier alpha value is -1.49. The zero-order valence-electron chi connectivity index (χ0n) is 9.53. The minimum Gasteiger partial charge on any atom is -0.361 e. The van der Waals surface area contributed by atoms with Crippen LogP contribution in [0, 0.1) is 0 Å². The molecule has 16 heavy (non-hydrogen) atoms. The smallest absolute Gasteiger partial charge is 0.186 e. The van der Waals surface area contributed by atoms with Gasteiger partial charge >= 0.3 is 0 Å². The average molecular weight is 236 g/mol. The zero-order chi connectivity index (χ0) is 11.8. The third-order valence-corrected chi connectivity index (χ3v) is 2.13. The number of thiocarbonyl (C=S) groups is 1. The van der Waals surface area contributed by atoms with Crippen molar-refractivity contribution in [2.24, 2.45) is 5.10 Å². The number of rotatable bonds is 4. The van der Waals surface area contributed by atoms with Crippen molar-refractivity contribution in [3.05, 3.63) is 30.1 Å². The van der Waals surface area contributed by atoms with E-state index in [2.05, 4.69) is 27.8 Å². The first kappa shape index (κ1) is 12.6. The molecule has 0 aliphatic carbocycles. The fourth-order valence-corrected chi connectivity index (χ4v) is 1.19. The molecule has 0 radical (unpaired) electrons. The third-order valence-electron chi connectivity index (χ3n) is 1.90. The molecule has 0 atom stereocenters. The van der Waals surface area contributed by atoms with E-state index in [9.17, 15) is 0 Å². The molecule has 86 valence electrons. The quantitative estimate of drug-likeness (QED) is 0.474. The summed E-state index contributed by atoms with van der Waals surface area (Å²) in [4.78, 5) is 4.18. The average Bonchev–Trinajstić information content (AvgIpc) is 2.34. The van der Waals surface area contributed by atoms with E-state index in [4.69, 9.17) is 12.2 Å². The second-order valence-corrected chi connectivity index (χ2v) is 3.69. The van der Waals surface area contributed by atoms with Gasteiger partial charge in [0.1, 0.15) is 0 Å². The van der Waals surface area contributed by atoms with Gasteiger partial charge in [-0.25, -0.2) is 0 Å². The number of hydrazone groups is 1. The number of nitrogens with zero attached hydrogens (tertiary/aromatic N) is 2. The molecule has 4 nitrogen and oxygen atoms in total. The number of nitrogens with one attached hydrogen (secondary N) is 2. The molecule has 1 aromatic rings. The summed E-state index contributed by atoms with van der Waals surface area (Å²) in [5.74, 6) is 0. The third kappa shape index (κ3) is 4.35. The maximum Gasteiger partial charge on any atom is 0.186 e. The normalized spacial score (nSPS) is 11.0. The van der Waals surface area contributed by atoms with Gasteiger partial charge in [0.05, 0.1) is 11.4 Å². The number of hydrogen-bond acceptors (Lipinski definition) is 3. The molecule has 0 unspecified atom stereocenters. The fraction of sp³-hybridized carbons (Fsp3) is 0.364. The van der Waals surface area contributed by atoms with Crippen LogP contribution in [0.2, 0.25) is 0 Å². The molecule has 0 saturated carbocycles. The van der Waals surface area contributed by atoms with Gasteiger partial charge in [0.2, 0.25) is 0 Å². The molecule has 2 N–H and O–H groups in total. The number of pyridine rings is 1. The van der Waals surface area contributed by atoms with Crippen LogP contribution in [0.15, 0.2) is 29.5 Å². The SMILES string of the molecule is CCCNC(=S)NN=C(C)c1ccccn1. The van der Waals surface area contributed by atoms with Crippen molar-refractivity contribution < 1.29 is 0 Å². The van der Waals surface area contributed by atoms with E-state index in [1.165, 1.54) is 0 Å². The van der Waals surface area contributed by atoms with Gasteiger partial charge in [0, 0.05) is 12.7 Å². The molecule has 1 rings (SSSR count). The summed E-state index contributed by atoms with van der Waals surface area (Å²) in [6.07, 6.45) is 2.77. The van der Waals surface area contributed by atoms with Gasteiger partial charge in [-0.2, -0.15) is 5.10 Å². The summed E-state index contributed by atoms with van der Waals surface area (Å²) < 4.78 is 0. The lowest BCUT2D eigenvalue weighted by Crippen LogP contribution is -2.33. The maximum absolute atomic E-state index is 5.04. The Morgan fingerprint density at radius 3 is 2.94 bits per heavy atom. The van der Waals surface area contributed by atoms with Crippen molar-refractivity contribution in [1.82, 2.24) is 15.7 Å². The topological polar surface area (TPSA) is 49.3 Å². The largest absolute Gasteiger partial charge is 0.361 e. The van der Waals surface area contributed by atoms with Crippen LogP contribution in [-0.2, 0) is 0 Å². The molecule has 0 bridgehead atoms. The molecule has 1 heterocycles. The van der Waals surface area contributed by atoms with E-state index in [0.717, 1.165) is 24.4 Å². The Balaban J connectivity index is 2.48. The minimum absolute atomic E-state index is 0.539. The molecule has 0 fully saturated rings. The molecule has 0 saturated heterocycles. The highest BCUT2D eigenvalue weighted by Crippen LogP contribution is 1.94. The first-order valence-electron chi connectivity index (χ1n) is 5.23. The van der Waals surface area contributed by atoms with Crippen LogP contribution >= 0.6 is 12.2 Å². The zero-order valence-corrected chi connectivity index (χ0v) is 10.3. The van der Waals surface area contributed by atoms with Gasteiger partial charge in [-0.3, -0.25) is 10.4 Å². The van der Waals surface area contributed by atoms with E-state index in [1.807, 2.05) is 25.1 Å². The Bertz CT molecular complexity index is 362. The van der Waals surface area contributed by atoms with Crippen LogP contribution < -0.4 is 10.7 Å². The van der Waals surface area contributed by atoms with Crippen LogP contribution in [0.1, 0.15) is 26.0 Å². The lowest BCUT2D eigenvalue weighted by molar-refractivity contribution is 0.816. The van der Waals surface area contributed by atoms with Gasteiger partial charge in [0.15, 0.2) is 5.11 Å². The molecule has 0 aliphatic rings. The van der Waals surface area contributed by atoms with Crippen molar-refractivity contribution >= 4 is 23.0 Å². The highest BCUT2D eigenvalue weighted by atomic mass is 32.1.